The van der Waals surface area contributed by atoms with Gasteiger partial charge in [0.25, 0.3) is 0 Å². The lowest BCUT2D eigenvalue weighted by Gasteiger charge is -2.29. The van der Waals surface area contributed by atoms with Gasteiger partial charge in [-0.25, -0.2) is 28.8 Å². The maximum atomic E-state index is 13.7. The molecular weight excluding hydrogens is 552 g/mol. The Bertz CT molecular complexity index is 1010. The van der Waals surface area contributed by atoms with E-state index < -0.39 is 48.3 Å². The van der Waals surface area contributed by atoms with Crippen LogP contribution in [0.2, 0.25) is 0 Å². The third-order valence-corrected chi connectivity index (χ3v) is 6.18. The lowest BCUT2D eigenvalue weighted by Crippen LogP contribution is -2.49. The van der Waals surface area contributed by atoms with Gasteiger partial charge in [0.05, 0.1) is 26.2 Å². The largest absolute Gasteiger partial charge is 0.460 e. The Labute approximate surface area is 244 Å². The van der Waals surface area contributed by atoms with Gasteiger partial charge >= 0.3 is 35.9 Å². The number of ether oxygens (including phenoxy) is 4. The molecule has 2 saturated heterocycles. The summed E-state index contributed by atoms with van der Waals surface area (Å²) < 4.78 is 20.7. The van der Waals surface area contributed by atoms with Crippen molar-refractivity contribution in [3.05, 3.63) is 48.6 Å². The van der Waals surface area contributed by atoms with Gasteiger partial charge in [-0.3, -0.25) is 19.6 Å². The molecule has 2 aliphatic rings. The zero-order valence-electron chi connectivity index (χ0n) is 24.5. The van der Waals surface area contributed by atoms with E-state index in [0.29, 0.717) is 0 Å². The fraction of sp³-hybridized carbons (Fsp3) is 0.500. The predicted molar refractivity (Wildman–Crippen MR) is 148 cm³/mol. The molecule has 4 amide bonds. The molecular formula is C28H38N4O10. The molecule has 0 N–H and O–H groups in total. The van der Waals surface area contributed by atoms with Crippen LogP contribution < -0.4 is 0 Å². The summed E-state index contributed by atoms with van der Waals surface area (Å²) in [6.07, 6.45) is -1.82. The number of hydrogen-bond acceptors (Lipinski definition) is 10. The standard InChI is InChI=1S/C28H38N4O10/c1-17(2)23(33)39-13-9-29-21-22(31(27(29)37)11-15-41-25(35)19(5)6)32(12-16-42-26(36)20(7)8)28(38)30(21)10-14-40-24(34)18(3)4/h21-22H,1,3,5,7,9-16H2,2,4,6,8H3. The van der Waals surface area contributed by atoms with Gasteiger partial charge in [-0.1, -0.05) is 26.3 Å². The normalized spacial score (nSPS) is 17.5. The van der Waals surface area contributed by atoms with E-state index in [9.17, 15) is 28.8 Å². The minimum absolute atomic E-state index is 0.0884. The minimum atomic E-state index is -0.911. The third-order valence-electron chi connectivity index (χ3n) is 6.18. The SMILES string of the molecule is C=C(C)C(=O)OCCN1C(=O)N(CCOC(=O)C(=C)C)C2C1N(CCOC(=O)C(=C)C)C(=O)N2CCOC(=O)C(=C)C. The van der Waals surface area contributed by atoms with E-state index in [1.54, 1.807) is 0 Å². The molecule has 2 heterocycles. The van der Waals surface area contributed by atoms with Crippen LogP contribution in [0.5, 0.6) is 0 Å². The fourth-order valence-corrected chi connectivity index (χ4v) is 4.11. The smallest absolute Gasteiger partial charge is 0.333 e. The molecule has 230 valence electrons. The highest BCUT2D eigenvalue weighted by Crippen LogP contribution is 2.35. The molecule has 2 rings (SSSR count). The highest BCUT2D eigenvalue weighted by Gasteiger charge is 2.58. The van der Waals surface area contributed by atoms with E-state index in [4.69, 9.17) is 18.9 Å². The summed E-state index contributed by atoms with van der Waals surface area (Å²) in [5.74, 6) is -2.58. The van der Waals surface area contributed by atoms with Crippen LogP contribution in [0.15, 0.2) is 48.6 Å². The van der Waals surface area contributed by atoms with Gasteiger partial charge < -0.3 is 18.9 Å². The fourth-order valence-electron chi connectivity index (χ4n) is 4.11. The lowest BCUT2D eigenvalue weighted by molar-refractivity contribution is -0.140. The second kappa shape index (κ2) is 14.8. The molecule has 42 heavy (non-hydrogen) atoms. The predicted octanol–water partition coefficient (Wildman–Crippen LogP) is 1.59. The second-order valence-corrected chi connectivity index (χ2v) is 9.83. The summed E-state index contributed by atoms with van der Waals surface area (Å²) in [4.78, 5) is 80.4. The summed E-state index contributed by atoms with van der Waals surface area (Å²) in [6.45, 7) is 18.9. The topological polar surface area (TPSA) is 152 Å². The number of nitrogens with zero attached hydrogens (tertiary/aromatic N) is 4. The van der Waals surface area contributed by atoms with Crippen LogP contribution in [0, 0.1) is 0 Å². The minimum Gasteiger partial charge on any atom is -0.460 e. The molecule has 0 aromatic carbocycles. The number of carbonyl (C=O) groups is 6. The van der Waals surface area contributed by atoms with Crippen LogP contribution in [0.4, 0.5) is 9.59 Å². The summed E-state index contributed by atoms with van der Waals surface area (Å²) in [5, 5.41) is 0. The van der Waals surface area contributed by atoms with Crippen molar-refractivity contribution in [1.82, 2.24) is 19.6 Å². The van der Waals surface area contributed by atoms with Gasteiger partial charge in [-0.2, -0.15) is 0 Å². The summed E-state index contributed by atoms with van der Waals surface area (Å²) in [5.41, 5.74) is 0.700. The Morgan fingerprint density at radius 1 is 0.500 bits per heavy atom. The first-order chi connectivity index (χ1) is 19.7. The number of urea groups is 2. The molecule has 14 nitrogen and oxygen atoms in total. The summed E-state index contributed by atoms with van der Waals surface area (Å²) >= 11 is 0. The van der Waals surface area contributed by atoms with E-state index in [1.807, 2.05) is 0 Å². The highest BCUT2D eigenvalue weighted by atomic mass is 16.5. The zero-order valence-corrected chi connectivity index (χ0v) is 24.5. The van der Waals surface area contributed by atoms with Crippen molar-refractivity contribution in [2.75, 3.05) is 52.6 Å². The second-order valence-electron chi connectivity index (χ2n) is 9.83. The summed E-state index contributed by atoms with van der Waals surface area (Å²) in [7, 11) is 0. The van der Waals surface area contributed by atoms with Crippen molar-refractivity contribution in [2.45, 2.75) is 40.0 Å². The molecule has 0 radical (unpaired) electrons. The van der Waals surface area contributed by atoms with Gasteiger partial charge in [0.1, 0.15) is 38.8 Å². The van der Waals surface area contributed by atoms with Crippen molar-refractivity contribution in [3.63, 3.8) is 0 Å². The van der Waals surface area contributed by atoms with E-state index in [1.165, 1.54) is 47.3 Å². The maximum Gasteiger partial charge on any atom is 0.333 e. The molecule has 2 aliphatic heterocycles. The first-order valence-electron chi connectivity index (χ1n) is 13.1. The molecule has 0 unspecified atom stereocenters. The Hall–Kier alpha value is -4.62. The van der Waals surface area contributed by atoms with E-state index >= 15 is 0 Å². The van der Waals surface area contributed by atoms with E-state index in [2.05, 4.69) is 26.3 Å². The molecule has 0 aromatic rings. The summed E-state index contributed by atoms with van der Waals surface area (Å²) in [6, 6.07) is -1.05. The van der Waals surface area contributed by atoms with Crippen molar-refractivity contribution < 1.29 is 47.7 Å². The van der Waals surface area contributed by atoms with Gasteiger partial charge in [-0.15, -0.1) is 0 Å². The zero-order chi connectivity index (χ0) is 31.7. The number of fused-ring (bicyclic) bond motifs is 1. The number of hydrogen-bond donors (Lipinski definition) is 0. The number of carbonyl (C=O) groups excluding carboxylic acids is 6. The van der Waals surface area contributed by atoms with Crippen LogP contribution in [0.3, 0.4) is 0 Å². The Morgan fingerprint density at radius 3 is 0.857 bits per heavy atom. The quantitative estimate of drug-likeness (QED) is 0.147. The maximum absolute atomic E-state index is 13.7. The van der Waals surface area contributed by atoms with Crippen LogP contribution in [0.1, 0.15) is 27.7 Å². The van der Waals surface area contributed by atoms with Crippen LogP contribution in [0.25, 0.3) is 0 Å². The van der Waals surface area contributed by atoms with Crippen LogP contribution in [-0.2, 0) is 38.1 Å². The van der Waals surface area contributed by atoms with Gasteiger partial charge in [0.15, 0.2) is 0 Å². The molecule has 14 heteroatoms. The van der Waals surface area contributed by atoms with Gasteiger partial charge in [0, 0.05) is 22.3 Å². The third kappa shape index (κ3) is 8.21. The average Bonchev–Trinajstić information content (AvgIpc) is 3.33. The highest BCUT2D eigenvalue weighted by molar-refractivity contribution is 5.89. The Kier molecular flexibility index (Phi) is 11.9. The molecule has 0 saturated carbocycles. The van der Waals surface area contributed by atoms with E-state index in [0.717, 1.165) is 0 Å². The van der Waals surface area contributed by atoms with Crippen LogP contribution >= 0.6 is 0 Å². The Morgan fingerprint density at radius 2 is 0.690 bits per heavy atom. The molecule has 2 fully saturated rings. The van der Waals surface area contributed by atoms with Crippen molar-refractivity contribution in [3.8, 4) is 0 Å². The number of rotatable bonds is 16. The molecule has 0 bridgehead atoms. The molecule has 0 atom stereocenters. The molecule has 0 aromatic heterocycles. The van der Waals surface area contributed by atoms with Gasteiger partial charge in [0.2, 0.25) is 0 Å². The van der Waals surface area contributed by atoms with Gasteiger partial charge in [-0.05, 0) is 27.7 Å². The number of amides is 4. The first-order valence-corrected chi connectivity index (χ1v) is 13.1. The lowest BCUT2D eigenvalue weighted by atomic mass is 10.3. The molecule has 0 aliphatic carbocycles. The average molecular weight is 591 g/mol. The monoisotopic (exact) mass is 590 g/mol. The molecule has 0 spiro atoms. The van der Waals surface area contributed by atoms with Crippen molar-refractivity contribution in [1.29, 1.82) is 0 Å². The Balaban J connectivity index is 2.36. The first kappa shape index (κ1) is 33.6. The van der Waals surface area contributed by atoms with E-state index in [-0.39, 0.29) is 74.9 Å². The number of esters is 4. The van der Waals surface area contributed by atoms with Crippen molar-refractivity contribution >= 4 is 35.9 Å². The van der Waals surface area contributed by atoms with Crippen molar-refractivity contribution in [2.24, 2.45) is 0 Å². The van der Waals surface area contributed by atoms with Crippen LogP contribution in [-0.4, -0.2) is 120 Å².